The lowest BCUT2D eigenvalue weighted by Gasteiger charge is -2.25. The van der Waals surface area contributed by atoms with Crippen molar-refractivity contribution in [1.29, 1.82) is 0 Å². The second kappa shape index (κ2) is 5.26. The summed E-state index contributed by atoms with van der Waals surface area (Å²) < 4.78 is 0. The number of anilines is 1. The van der Waals surface area contributed by atoms with Crippen molar-refractivity contribution >= 4 is 5.69 Å². The molecule has 0 saturated carbocycles. The molecule has 2 atom stereocenters. The normalized spacial score (nSPS) is 20.8. The quantitative estimate of drug-likeness (QED) is 0.834. The van der Waals surface area contributed by atoms with E-state index in [1.165, 1.54) is 16.8 Å². The third-order valence-corrected chi connectivity index (χ3v) is 3.54. The highest BCUT2D eigenvalue weighted by Crippen LogP contribution is 2.35. The second-order valence-corrected chi connectivity index (χ2v) is 5.31. The Bertz CT molecular complexity index is 418. The predicted octanol–water partition coefficient (Wildman–Crippen LogP) is 0.949. The van der Waals surface area contributed by atoms with E-state index in [1.54, 1.807) is 0 Å². The van der Waals surface area contributed by atoms with Gasteiger partial charge in [-0.3, -0.25) is 4.90 Å². The van der Waals surface area contributed by atoms with Crippen LogP contribution in [0, 0.1) is 0 Å². The Balaban J connectivity index is 2.28. The summed E-state index contributed by atoms with van der Waals surface area (Å²) in [7, 11) is 4.09. The lowest BCUT2D eigenvalue weighted by Crippen LogP contribution is -2.33. The molecule has 100 valence electrons. The number of aliphatic hydroxyl groups is 1. The number of β-amino-alcohol motifs (C(OH)–C–C–N with tert-alkyl or cyclic N) is 1. The smallest absolute Gasteiger partial charge is 0.0639 e. The number of hydrogen-bond donors (Lipinski definition) is 2. The Morgan fingerprint density at radius 1 is 1.50 bits per heavy atom. The van der Waals surface area contributed by atoms with Gasteiger partial charge in [-0.1, -0.05) is 6.07 Å². The molecule has 0 amide bonds. The fourth-order valence-electron chi connectivity index (χ4n) is 2.65. The molecule has 0 radical (unpaired) electrons. The van der Waals surface area contributed by atoms with E-state index in [-0.39, 0.29) is 12.1 Å². The minimum Gasteiger partial charge on any atom is -0.392 e. The first-order chi connectivity index (χ1) is 8.52. The van der Waals surface area contributed by atoms with Crippen molar-refractivity contribution in [2.24, 2.45) is 5.73 Å². The van der Waals surface area contributed by atoms with Gasteiger partial charge in [0.15, 0.2) is 0 Å². The standard InChI is InChI=1S/C14H23N3O/c1-10(18)8-17-9-11-4-5-12(16(2)3)6-13(11)14(17)7-15/h4-6,10,14,18H,7-9,15H2,1-3H3. The largest absolute Gasteiger partial charge is 0.392 e. The SMILES string of the molecule is CC(O)CN1Cc2ccc(N(C)C)cc2C1CN. The summed E-state index contributed by atoms with van der Waals surface area (Å²) in [5, 5.41) is 9.56. The second-order valence-electron chi connectivity index (χ2n) is 5.31. The molecule has 0 saturated heterocycles. The number of hydrogen-bond acceptors (Lipinski definition) is 4. The monoisotopic (exact) mass is 249 g/mol. The topological polar surface area (TPSA) is 52.7 Å². The molecular weight excluding hydrogens is 226 g/mol. The van der Waals surface area contributed by atoms with E-state index in [4.69, 9.17) is 5.73 Å². The van der Waals surface area contributed by atoms with Gasteiger partial charge in [0.25, 0.3) is 0 Å². The molecule has 18 heavy (non-hydrogen) atoms. The first kappa shape index (κ1) is 13.3. The Labute approximate surface area is 109 Å². The van der Waals surface area contributed by atoms with Crippen LogP contribution < -0.4 is 10.6 Å². The third kappa shape index (κ3) is 2.51. The molecule has 4 heteroatoms. The van der Waals surface area contributed by atoms with Gasteiger partial charge in [0.2, 0.25) is 0 Å². The molecular formula is C14H23N3O. The molecule has 2 unspecified atom stereocenters. The number of nitrogens with two attached hydrogens (primary N) is 1. The van der Waals surface area contributed by atoms with Gasteiger partial charge in [0.05, 0.1) is 6.10 Å². The number of nitrogens with zero attached hydrogens (tertiary/aromatic N) is 2. The number of benzene rings is 1. The minimum absolute atomic E-state index is 0.231. The van der Waals surface area contributed by atoms with Gasteiger partial charge in [-0.2, -0.15) is 0 Å². The summed E-state index contributed by atoms with van der Waals surface area (Å²) in [6.45, 7) is 3.97. The minimum atomic E-state index is -0.318. The number of aliphatic hydroxyl groups excluding tert-OH is 1. The zero-order valence-corrected chi connectivity index (χ0v) is 11.4. The summed E-state index contributed by atoms with van der Waals surface area (Å²) in [6, 6.07) is 6.76. The van der Waals surface area contributed by atoms with Crippen molar-refractivity contribution in [1.82, 2.24) is 4.90 Å². The molecule has 1 aromatic carbocycles. The maximum Gasteiger partial charge on any atom is 0.0639 e. The van der Waals surface area contributed by atoms with Crippen molar-refractivity contribution in [2.45, 2.75) is 25.6 Å². The van der Waals surface area contributed by atoms with Crippen LogP contribution in [0.25, 0.3) is 0 Å². The van der Waals surface area contributed by atoms with Gasteiger partial charge in [-0.15, -0.1) is 0 Å². The molecule has 1 aromatic rings. The van der Waals surface area contributed by atoms with Gasteiger partial charge >= 0.3 is 0 Å². The van der Waals surface area contributed by atoms with Crippen LogP contribution in [-0.4, -0.2) is 43.3 Å². The lowest BCUT2D eigenvalue weighted by molar-refractivity contribution is 0.106. The van der Waals surface area contributed by atoms with Crippen LogP contribution in [-0.2, 0) is 6.54 Å². The number of fused-ring (bicyclic) bond motifs is 1. The van der Waals surface area contributed by atoms with Crippen LogP contribution in [0.15, 0.2) is 18.2 Å². The van der Waals surface area contributed by atoms with Gasteiger partial charge in [-0.25, -0.2) is 0 Å². The molecule has 0 aliphatic carbocycles. The van der Waals surface area contributed by atoms with Crippen molar-refractivity contribution in [2.75, 3.05) is 32.1 Å². The maximum atomic E-state index is 9.56. The van der Waals surface area contributed by atoms with E-state index in [0.29, 0.717) is 13.1 Å². The zero-order valence-electron chi connectivity index (χ0n) is 11.4. The molecule has 1 aliphatic rings. The first-order valence-corrected chi connectivity index (χ1v) is 6.45. The van der Waals surface area contributed by atoms with Gasteiger partial charge in [-0.05, 0) is 30.2 Å². The van der Waals surface area contributed by atoms with Crippen molar-refractivity contribution in [3.05, 3.63) is 29.3 Å². The fraction of sp³-hybridized carbons (Fsp3) is 0.571. The Morgan fingerprint density at radius 2 is 2.22 bits per heavy atom. The first-order valence-electron chi connectivity index (χ1n) is 6.45. The van der Waals surface area contributed by atoms with Crippen LogP contribution in [0.1, 0.15) is 24.1 Å². The van der Waals surface area contributed by atoms with E-state index in [2.05, 4.69) is 28.0 Å². The van der Waals surface area contributed by atoms with Crippen LogP contribution in [0.4, 0.5) is 5.69 Å². The fourth-order valence-corrected chi connectivity index (χ4v) is 2.65. The molecule has 0 bridgehead atoms. The summed E-state index contributed by atoms with van der Waals surface area (Å²) in [6.07, 6.45) is -0.318. The molecule has 0 spiro atoms. The predicted molar refractivity (Wildman–Crippen MR) is 74.7 cm³/mol. The van der Waals surface area contributed by atoms with E-state index < -0.39 is 0 Å². The van der Waals surface area contributed by atoms with Gasteiger partial charge < -0.3 is 15.7 Å². The summed E-state index contributed by atoms with van der Waals surface area (Å²) in [4.78, 5) is 4.36. The van der Waals surface area contributed by atoms with E-state index in [9.17, 15) is 5.11 Å². The van der Waals surface area contributed by atoms with Gasteiger partial charge in [0.1, 0.15) is 0 Å². The Hall–Kier alpha value is -1.10. The van der Waals surface area contributed by atoms with Crippen LogP contribution in [0.5, 0.6) is 0 Å². The molecule has 0 aromatic heterocycles. The maximum absolute atomic E-state index is 9.56. The highest BCUT2D eigenvalue weighted by Gasteiger charge is 2.29. The van der Waals surface area contributed by atoms with Crippen LogP contribution in [0.2, 0.25) is 0 Å². The summed E-state index contributed by atoms with van der Waals surface area (Å²) >= 11 is 0. The average Bonchev–Trinajstić information content (AvgIpc) is 2.63. The Morgan fingerprint density at radius 3 is 2.78 bits per heavy atom. The highest BCUT2D eigenvalue weighted by atomic mass is 16.3. The number of rotatable bonds is 4. The zero-order chi connectivity index (χ0) is 13.3. The molecule has 2 rings (SSSR count). The van der Waals surface area contributed by atoms with E-state index >= 15 is 0 Å². The van der Waals surface area contributed by atoms with Gasteiger partial charge in [0, 0.05) is 45.5 Å². The highest BCUT2D eigenvalue weighted by molar-refractivity contribution is 5.52. The molecule has 1 aliphatic heterocycles. The van der Waals surface area contributed by atoms with E-state index in [1.807, 2.05) is 21.0 Å². The van der Waals surface area contributed by atoms with Crippen molar-refractivity contribution < 1.29 is 5.11 Å². The van der Waals surface area contributed by atoms with Crippen LogP contribution >= 0.6 is 0 Å². The van der Waals surface area contributed by atoms with E-state index in [0.717, 1.165) is 6.54 Å². The van der Waals surface area contributed by atoms with Crippen molar-refractivity contribution in [3.8, 4) is 0 Å². The molecule has 3 N–H and O–H groups in total. The van der Waals surface area contributed by atoms with Crippen LogP contribution in [0.3, 0.4) is 0 Å². The molecule has 4 nitrogen and oxygen atoms in total. The third-order valence-electron chi connectivity index (χ3n) is 3.54. The molecule has 0 fully saturated rings. The van der Waals surface area contributed by atoms with Crippen molar-refractivity contribution in [3.63, 3.8) is 0 Å². The molecule has 1 heterocycles. The Kier molecular flexibility index (Phi) is 3.90. The summed E-state index contributed by atoms with van der Waals surface area (Å²) in [5.74, 6) is 0. The summed E-state index contributed by atoms with van der Waals surface area (Å²) in [5.41, 5.74) is 9.74. The lowest BCUT2D eigenvalue weighted by atomic mass is 10.0. The average molecular weight is 249 g/mol.